The summed E-state index contributed by atoms with van der Waals surface area (Å²) in [5, 5.41) is 0.913. The Morgan fingerprint density at radius 3 is 2.76 bits per heavy atom. The minimum atomic E-state index is -0.360. The molecular weight excluding hydrogens is 216 g/mol. The minimum absolute atomic E-state index is 0.124. The van der Waals surface area contributed by atoms with E-state index in [1.54, 1.807) is 6.92 Å². The highest BCUT2D eigenvalue weighted by atomic mass is 16.4. The Balaban J connectivity index is 2.53. The van der Waals surface area contributed by atoms with E-state index in [4.69, 9.17) is 4.42 Å². The molecule has 1 heterocycles. The Hall–Kier alpha value is -1.90. The van der Waals surface area contributed by atoms with Gasteiger partial charge in [-0.2, -0.15) is 0 Å². The largest absolute Gasteiger partial charge is 0.423 e. The van der Waals surface area contributed by atoms with Gasteiger partial charge in [-0.05, 0) is 37.5 Å². The van der Waals surface area contributed by atoms with Gasteiger partial charge in [0, 0.05) is 17.9 Å². The number of benzene rings is 1. The van der Waals surface area contributed by atoms with Crippen LogP contribution in [0.3, 0.4) is 0 Å². The van der Waals surface area contributed by atoms with E-state index in [1.807, 2.05) is 25.1 Å². The second kappa shape index (κ2) is 4.53. The summed E-state index contributed by atoms with van der Waals surface area (Å²) in [6.45, 7) is 3.50. The van der Waals surface area contributed by atoms with E-state index >= 15 is 0 Å². The SMILES string of the molecule is CC(=O)CCc1cc(=O)oc2cc(C)ccc12. The number of hydrogen-bond donors (Lipinski definition) is 0. The van der Waals surface area contributed by atoms with Gasteiger partial charge in [0.15, 0.2) is 0 Å². The fraction of sp³-hybridized carbons (Fsp3) is 0.286. The quantitative estimate of drug-likeness (QED) is 0.761. The molecule has 0 N–H and O–H groups in total. The molecule has 1 aromatic carbocycles. The summed E-state index contributed by atoms with van der Waals surface area (Å²) in [5.74, 6) is 0.124. The molecule has 0 atom stereocenters. The van der Waals surface area contributed by atoms with E-state index in [9.17, 15) is 9.59 Å². The Labute approximate surface area is 99.1 Å². The van der Waals surface area contributed by atoms with Crippen molar-refractivity contribution in [2.24, 2.45) is 0 Å². The van der Waals surface area contributed by atoms with Crippen molar-refractivity contribution >= 4 is 16.8 Å². The van der Waals surface area contributed by atoms with Crippen LogP contribution < -0.4 is 5.63 Å². The zero-order valence-electron chi connectivity index (χ0n) is 9.95. The maximum atomic E-state index is 11.4. The number of carbonyl (C=O) groups excluding carboxylic acids is 1. The van der Waals surface area contributed by atoms with Crippen molar-refractivity contribution in [2.75, 3.05) is 0 Å². The van der Waals surface area contributed by atoms with Gasteiger partial charge >= 0.3 is 5.63 Å². The zero-order chi connectivity index (χ0) is 12.4. The van der Waals surface area contributed by atoms with Gasteiger partial charge in [0.2, 0.25) is 0 Å². The molecule has 0 aliphatic rings. The first kappa shape index (κ1) is 11.6. The van der Waals surface area contributed by atoms with Gasteiger partial charge in [0.25, 0.3) is 0 Å². The number of aryl methyl sites for hydroxylation is 2. The number of hydrogen-bond acceptors (Lipinski definition) is 3. The molecule has 0 amide bonds. The molecule has 0 radical (unpaired) electrons. The third-order valence-corrected chi connectivity index (χ3v) is 2.73. The Bertz CT molecular complexity index is 623. The molecule has 3 nitrogen and oxygen atoms in total. The number of carbonyl (C=O) groups is 1. The molecular formula is C14H14O3. The summed E-state index contributed by atoms with van der Waals surface area (Å²) >= 11 is 0. The average Bonchev–Trinajstić information content (AvgIpc) is 2.24. The molecule has 0 aliphatic carbocycles. The van der Waals surface area contributed by atoms with Crippen molar-refractivity contribution in [1.29, 1.82) is 0 Å². The van der Waals surface area contributed by atoms with Crippen molar-refractivity contribution in [1.82, 2.24) is 0 Å². The lowest BCUT2D eigenvalue weighted by Crippen LogP contribution is -2.02. The van der Waals surface area contributed by atoms with Crippen LogP contribution in [0.5, 0.6) is 0 Å². The molecule has 2 rings (SSSR count). The Morgan fingerprint density at radius 2 is 2.06 bits per heavy atom. The summed E-state index contributed by atoms with van der Waals surface area (Å²) < 4.78 is 5.15. The first-order chi connectivity index (χ1) is 8.06. The summed E-state index contributed by atoms with van der Waals surface area (Å²) in [5.41, 5.74) is 2.16. The molecule has 0 saturated carbocycles. The lowest BCUT2D eigenvalue weighted by Gasteiger charge is -2.04. The lowest BCUT2D eigenvalue weighted by atomic mass is 10.0. The van der Waals surface area contributed by atoms with Crippen LogP contribution in [0.15, 0.2) is 33.5 Å². The first-order valence-electron chi connectivity index (χ1n) is 5.59. The lowest BCUT2D eigenvalue weighted by molar-refractivity contribution is -0.116. The highest BCUT2D eigenvalue weighted by Gasteiger charge is 2.06. The highest BCUT2D eigenvalue weighted by Crippen LogP contribution is 2.19. The second-order valence-corrected chi connectivity index (χ2v) is 4.29. The van der Waals surface area contributed by atoms with Gasteiger partial charge in [-0.25, -0.2) is 4.79 Å². The van der Waals surface area contributed by atoms with Crippen molar-refractivity contribution < 1.29 is 9.21 Å². The van der Waals surface area contributed by atoms with E-state index < -0.39 is 0 Å². The summed E-state index contributed by atoms with van der Waals surface area (Å²) in [6.07, 6.45) is 1.03. The van der Waals surface area contributed by atoms with Gasteiger partial charge in [-0.15, -0.1) is 0 Å². The number of fused-ring (bicyclic) bond motifs is 1. The summed E-state index contributed by atoms with van der Waals surface area (Å²) in [4.78, 5) is 22.4. The predicted molar refractivity (Wildman–Crippen MR) is 66.2 cm³/mol. The predicted octanol–water partition coefficient (Wildman–Crippen LogP) is 2.62. The van der Waals surface area contributed by atoms with Crippen molar-refractivity contribution in [3.05, 3.63) is 45.8 Å². The molecule has 0 saturated heterocycles. The molecule has 2 aromatic rings. The van der Waals surface area contributed by atoms with Gasteiger partial charge < -0.3 is 9.21 Å². The summed E-state index contributed by atoms with van der Waals surface area (Å²) in [7, 11) is 0. The van der Waals surface area contributed by atoms with Gasteiger partial charge in [0.1, 0.15) is 11.4 Å². The van der Waals surface area contributed by atoms with E-state index in [0.717, 1.165) is 16.5 Å². The Kier molecular flexibility index (Phi) is 3.09. The molecule has 1 aromatic heterocycles. The van der Waals surface area contributed by atoms with E-state index in [1.165, 1.54) is 6.07 Å². The normalized spacial score (nSPS) is 10.7. The maximum Gasteiger partial charge on any atom is 0.336 e. The molecule has 0 aliphatic heterocycles. The van der Waals surface area contributed by atoms with E-state index in [0.29, 0.717) is 18.4 Å². The van der Waals surface area contributed by atoms with Gasteiger partial charge in [-0.1, -0.05) is 12.1 Å². The summed E-state index contributed by atoms with van der Waals surface area (Å²) in [6, 6.07) is 7.22. The topological polar surface area (TPSA) is 47.3 Å². The van der Waals surface area contributed by atoms with Crippen LogP contribution in [0.2, 0.25) is 0 Å². The third kappa shape index (κ3) is 2.61. The van der Waals surface area contributed by atoms with Crippen LogP contribution in [0.4, 0.5) is 0 Å². The second-order valence-electron chi connectivity index (χ2n) is 4.29. The average molecular weight is 230 g/mol. The van der Waals surface area contributed by atoms with Crippen molar-refractivity contribution in [3.63, 3.8) is 0 Å². The van der Waals surface area contributed by atoms with Crippen molar-refractivity contribution in [2.45, 2.75) is 26.7 Å². The van der Waals surface area contributed by atoms with Crippen LogP contribution in [0.25, 0.3) is 11.0 Å². The molecule has 0 unspecified atom stereocenters. The molecule has 3 heteroatoms. The Morgan fingerprint density at radius 1 is 1.29 bits per heavy atom. The van der Waals surface area contributed by atoms with E-state index in [2.05, 4.69) is 0 Å². The smallest absolute Gasteiger partial charge is 0.336 e. The fourth-order valence-corrected chi connectivity index (χ4v) is 1.85. The number of rotatable bonds is 3. The molecule has 0 bridgehead atoms. The van der Waals surface area contributed by atoms with Crippen LogP contribution in [0.1, 0.15) is 24.5 Å². The molecule has 0 fully saturated rings. The van der Waals surface area contributed by atoms with Gasteiger partial charge in [-0.3, -0.25) is 0 Å². The fourth-order valence-electron chi connectivity index (χ4n) is 1.85. The standard InChI is InChI=1S/C14H14O3/c1-9-3-6-12-11(5-4-10(2)15)8-14(16)17-13(12)7-9/h3,6-8H,4-5H2,1-2H3. The third-order valence-electron chi connectivity index (χ3n) is 2.73. The van der Waals surface area contributed by atoms with Crippen LogP contribution in [-0.4, -0.2) is 5.78 Å². The van der Waals surface area contributed by atoms with Gasteiger partial charge in [0.05, 0.1) is 0 Å². The van der Waals surface area contributed by atoms with Crippen LogP contribution in [0, 0.1) is 6.92 Å². The highest BCUT2D eigenvalue weighted by molar-refractivity contribution is 5.82. The van der Waals surface area contributed by atoms with Crippen molar-refractivity contribution in [3.8, 4) is 0 Å². The maximum absolute atomic E-state index is 11.4. The number of ketones is 1. The zero-order valence-corrected chi connectivity index (χ0v) is 9.95. The van der Waals surface area contributed by atoms with Crippen LogP contribution >= 0.6 is 0 Å². The molecule has 17 heavy (non-hydrogen) atoms. The monoisotopic (exact) mass is 230 g/mol. The van der Waals surface area contributed by atoms with E-state index in [-0.39, 0.29) is 11.4 Å². The number of Topliss-reactive ketones (excluding diaryl/α,β-unsaturated/α-hetero) is 1. The molecule has 0 spiro atoms. The first-order valence-corrected chi connectivity index (χ1v) is 5.59. The minimum Gasteiger partial charge on any atom is -0.423 e. The molecule has 88 valence electrons. The van der Waals surface area contributed by atoms with Crippen LogP contribution in [-0.2, 0) is 11.2 Å².